The number of nitrogens with one attached hydrogen (secondary N) is 2. The zero-order valence-corrected chi connectivity index (χ0v) is 19.7. The molecule has 0 aliphatic carbocycles. The molecule has 0 unspecified atom stereocenters. The number of aromatic amines is 1. The lowest BCUT2D eigenvalue weighted by Gasteiger charge is -2.27. The largest absolute Gasteiger partial charge is 0.424 e. The summed E-state index contributed by atoms with van der Waals surface area (Å²) in [5.41, 5.74) is 4.64. The highest BCUT2D eigenvalue weighted by molar-refractivity contribution is 5.86. The van der Waals surface area contributed by atoms with Crippen LogP contribution in [0.5, 0.6) is 11.8 Å². The Morgan fingerprint density at radius 2 is 1.91 bits per heavy atom. The van der Waals surface area contributed by atoms with Crippen molar-refractivity contribution in [2.24, 2.45) is 0 Å². The van der Waals surface area contributed by atoms with Crippen molar-refractivity contribution in [2.75, 3.05) is 23.3 Å². The molecular formula is C26H32N6O. The molecule has 0 saturated carbocycles. The van der Waals surface area contributed by atoms with E-state index in [1.807, 2.05) is 38.1 Å². The van der Waals surface area contributed by atoms with Crippen molar-refractivity contribution in [3.8, 4) is 11.8 Å². The van der Waals surface area contributed by atoms with Gasteiger partial charge in [-0.1, -0.05) is 42.8 Å². The maximum absolute atomic E-state index is 6.01. The average Bonchev–Trinajstić information content (AvgIpc) is 3.25. The number of allylic oxidation sites excluding steroid dienone is 4. The number of anilines is 2. The number of nitrogens with zero attached hydrogens (tertiary/aromatic N) is 4. The zero-order valence-electron chi connectivity index (χ0n) is 19.7. The molecule has 2 aromatic heterocycles. The minimum atomic E-state index is 0.298. The number of fused-ring (bicyclic) bond motifs is 1. The summed E-state index contributed by atoms with van der Waals surface area (Å²) in [6.45, 7) is 12.1. The SMILES string of the molecule is C=C/C(=C\C(=C/C)CC)Nc1nc2nc(Oc3ccc(C)cc3)nc(N3CCCCC3)c2[nH]1. The van der Waals surface area contributed by atoms with Crippen molar-refractivity contribution < 1.29 is 4.74 Å². The predicted octanol–water partition coefficient (Wildman–Crippen LogP) is 6.28. The summed E-state index contributed by atoms with van der Waals surface area (Å²) in [4.78, 5) is 19.7. The predicted molar refractivity (Wildman–Crippen MR) is 135 cm³/mol. The van der Waals surface area contributed by atoms with Crippen LogP contribution in [0.15, 0.2) is 60.3 Å². The van der Waals surface area contributed by atoms with Crippen LogP contribution in [-0.4, -0.2) is 33.0 Å². The van der Waals surface area contributed by atoms with Gasteiger partial charge in [0.25, 0.3) is 0 Å². The number of piperidine rings is 1. The normalized spacial score (nSPS) is 15.1. The molecule has 1 fully saturated rings. The van der Waals surface area contributed by atoms with Gasteiger partial charge in [-0.3, -0.25) is 0 Å². The number of imidazole rings is 1. The molecule has 0 atom stereocenters. The molecule has 0 bridgehead atoms. The third-order valence-electron chi connectivity index (χ3n) is 5.80. The van der Waals surface area contributed by atoms with E-state index in [2.05, 4.69) is 45.8 Å². The molecule has 1 saturated heterocycles. The Balaban J connectivity index is 1.71. The average molecular weight is 445 g/mol. The van der Waals surface area contributed by atoms with Crippen molar-refractivity contribution >= 4 is 22.9 Å². The van der Waals surface area contributed by atoms with Crippen LogP contribution in [0.4, 0.5) is 11.8 Å². The number of H-pyrrole nitrogens is 1. The first-order valence-corrected chi connectivity index (χ1v) is 11.6. The summed E-state index contributed by atoms with van der Waals surface area (Å²) in [5, 5.41) is 3.33. The van der Waals surface area contributed by atoms with Gasteiger partial charge in [-0.15, -0.1) is 0 Å². The number of rotatable bonds is 8. The first kappa shape index (κ1) is 22.6. The minimum absolute atomic E-state index is 0.298. The summed E-state index contributed by atoms with van der Waals surface area (Å²) in [5.74, 6) is 2.13. The highest BCUT2D eigenvalue weighted by atomic mass is 16.5. The van der Waals surface area contributed by atoms with Crippen LogP contribution in [0.1, 0.15) is 45.1 Å². The van der Waals surface area contributed by atoms with Gasteiger partial charge in [-0.05, 0) is 63.8 Å². The zero-order chi connectivity index (χ0) is 23.2. The molecule has 3 heterocycles. The van der Waals surface area contributed by atoms with Gasteiger partial charge in [0.05, 0.1) is 0 Å². The Kier molecular flexibility index (Phi) is 7.07. The fourth-order valence-corrected chi connectivity index (χ4v) is 3.89. The van der Waals surface area contributed by atoms with E-state index >= 15 is 0 Å². The van der Waals surface area contributed by atoms with Crippen LogP contribution in [0, 0.1) is 6.92 Å². The Bertz CT molecular complexity index is 1170. The van der Waals surface area contributed by atoms with Crippen LogP contribution >= 0.6 is 0 Å². The first-order valence-electron chi connectivity index (χ1n) is 11.6. The number of hydrogen-bond acceptors (Lipinski definition) is 6. The van der Waals surface area contributed by atoms with E-state index in [4.69, 9.17) is 14.7 Å². The lowest BCUT2D eigenvalue weighted by molar-refractivity contribution is 0.442. The summed E-state index contributed by atoms with van der Waals surface area (Å²) >= 11 is 0. The van der Waals surface area contributed by atoms with Crippen LogP contribution in [0.25, 0.3) is 11.2 Å². The fourth-order valence-electron chi connectivity index (χ4n) is 3.89. The molecule has 1 aliphatic rings. The van der Waals surface area contributed by atoms with Crippen molar-refractivity contribution in [3.05, 3.63) is 65.9 Å². The van der Waals surface area contributed by atoms with Crippen molar-refractivity contribution in [3.63, 3.8) is 0 Å². The van der Waals surface area contributed by atoms with Gasteiger partial charge in [-0.25, -0.2) is 0 Å². The Labute approximate surface area is 195 Å². The Morgan fingerprint density at radius 1 is 1.15 bits per heavy atom. The van der Waals surface area contributed by atoms with Crippen LogP contribution in [-0.2, 0) is 0 Å². The van der Waals surface area contributed by atoms with E-state index in [9.17, 15) is 0 Å². The van der Waals surface area contributed by atoms with Gasteiger partial charge in [0.2, 0.25) is 5.95 Å². The summed E-state index contributed by atoms with van der Waals surface area (Å²) in [7, 11) is 0. The quantitative estimate of drug-likeness (QED) is 0.398. The maximum atomic E-state index is 6.01. The highest BCUT2D eigenvalue weighted by Gasteiger charge is 2.21. The van der Waals surface area contributed by atoms with Gasteiger partial charge in [0.1, 0.15) is 11.3 Å². The number of benzene rings is 1. The van der Waals surface area contributed by atoms with Crippen LogP contribution in [0.3, 0.4) is 0 Å². The van der Waals surface area contributed by atoms with E-state index in [1.165, 1.54) is 17.6 Å². The van der Waals surface area contributed by atoms with Crippen LogP contribution < -0.4 is 15.0 Å². The second-order valence-corrected chi connectivity index (χ2v) is 8.22. The Morgan fingerprint density at radius 3 is 2.58 bits per heavy atom. The second-order valence-electron chi connectivity index (χ2n) is 8.22. The second kappa shape index (κ2) is 10.3. The monoisotopic (exact) mass is 444 g/mol. The lowest BCUT2D eigenvalue weighted by Crippen LogP contribution is -2.30. The van der Waals surface area contributed by atoms with E-state index < -0.39 is 0 Å². The number of ether oxygens (including phenoxy) is 1. The first-order chi connectivity index (χ1) is 16.1. The topological polar surface area (TPSA) is 79.0 Å². The molecule has 1 aromatic carbocycles. The molecule has 172 valence electrons. The maximum Gasteiger partial charge on any atom is 0.326 e. The van der Waals surface area contributed by atoms with Crippen molar-refractivity contribution in [2.45, 2.75) is 46.5 Å². The third kappa shape index (κ3) is 5.42. The van der Waals surface area contributed by atoms with E-state index in [1.54, 1.807) is 6.08 Å². The molecule has 4 rings (SSSR count). The van der Waals surface area contributed by atoms with Crippen LogP contribution in [0.2, 0.25) is 0 Å². The van der Waals surface area contributed by atoms with Gasteiger partial charge < -0.3 is 19.9 Å². The number of aromatic nitrogens is 4. The number of hydrogen-bond donors (Lipinski definition) is 2. The highest BCUT2D eigenvalue weighted by Crippen LogP contribution is 2.30. The molecule has 7 nitrogen and oxygen atoms in total. The van der Waals surface area contributed by atoms with Gasteiger partial charge in [0.15, 0.2) is 11.5 Å². The molecule has 0 spiro atoms. The summed E-state index contributed by atoms with van der Waals surface area (Å²) in [6.07, 6.45) is 10.4. The van der Waals surface area contributed by atoms with E-state index in [0.717, 1.165) is 49.4 Å². The van der Waals surface area contributed by atoms with E-state index in [0.29, 0.717) is 23.4 Å². The smallest absolute Gasteiger partial charge is 0.326 e. The molecule has 7 heteroatoms. The minimum Gasteiger partial charge on any atom is -0.424 e. The third-order valence-corrected chi connectivity index (χ3v) is 5.80. The standard InChI is InChI=1S/C26H32N6O/c1-5-19(6-2)17-20(7-3)27-25-28-22-23(29-25)30-26(33-21-13-11-18(4)12-14-21)31-24(22)32-15-9-8-10-16-32/h5,7,11-14,17H,3,6,8-10,15-16H2,1-2,4H3,(H2,27,28,29,30,31)/b19-5-,20-17+. The van der Waals surface area contributed by atoms with Gasteiger partial charge in [-0.2, -0.15) is 15.0 Å². The molecule has 33 heavy (non-hydrogen) atoms. The molecule has 0 amide bonds. The Hall–Kier alpha value is -3.61. The van der Waals surface area contributed by atoms with Crippen molar-refractivity contribution in [1.29, 1.82) is 0 Å². The molecule has 3 aromatic rings. The molecule has 1 aliphatic heterocycles. The van der Waals surface area contributed by atoms with Gasteiger partial charge >= 0.3 is 6.01 Å². The van der Waals surface area contributed by atoms with E-state index in [-0.39, 0.29) is 0 Å². The summed E-state index contributed by atoms with van der Waals surface area (Å²) < 4.78 is 6.01. The van der Waals surface area contributed by atoms with Gasteiger partial charge in [0, 0.05) is 18.8 Å². The molecule has 0 radical (unpaired) electrons. The lowest BCUT2D eigenvalue weighted by atomic mass is 10.1. The molecule has 2 N–H and O–H groups in total. The number of aryl methyl sites for hydroxylation is 1. The fraction of sp³-hybridized carbons (Fsp3) is 0.346. The molecular weight excluding hydrogens is 412 g/mol. The van der Waals surface area contributed by atoms with Crippen molar-refractivity contribution in [1.82, 2.24) is 19.9 Å². The summed E-state index contributed by atoms with van der Waals surface area (Å²) in [6, 6.07) is 8.17.